The van der Waals surface area contributed by atoms with Gasteiger partial charge in [0.2, 0.25) is 16.9 Å². The third-order valence-electron chi connectivity index (χ3n) is 3.98. The largest absolute Gasteiger partial charge is 0.350 e. The molecular weight excluding hydrogens is 376 g/mol. The molecule has 0 radical (unpaired) electrons. The first-order chi connectivity index (χ1) is 12.2. The predicted octanol–water partition coefficient (Wildman–Crippen LogP) is 3.53. The summed E-state index contributed by atoms with van der Waals surface area (Å²) in [4.78, 5) is 25.2. The summed E-state index contributed by atoms with van der Waals surface area (Å²) >= 11 is 4.27. The van der Waals surface area contributed by atoms with Gasteiger partial charge in [0.15, 0.2) is 4.34 Å². The van der Waals surface area contributed by atoms with Crippen molar-refractivity contribution in [2.24, 2.45) is 5.92 Å². The number of thiophene rings is 1. The summed E-state index contributed by atoms with van der Waals surface area (Å²) in [6.45, 7) is 0.551. The fraction of sp³-hybridized carbons (Fsp3) is 0.500. The van der Waals surface area contributed by atoms with E-state index in [0.29, 0.717) is 16.0 Å². The monoisotopic (exact) mass is 396 g/mol. The minimum absolute atomic E-state index is 0.0404. The molecular formula is C16H20N4O2S3. The number of nitrogens with zero attached hydrogens (tertiary/aromatic N) is 2. The van der Waals surface area contributed by atoms with Crippen LogP contribution in [0.25, 0.3) is 0 Å². The van der Waals surface area contributed by atoms with Gasteiger partial charge in [-0.05, 0) is 24.3 Å². The van der Waals surface area contributed by atoms with E-state index >= 15 is 0 Å². The Hall–Kier alpha value is -1.45. The van der Waals surface area contributed by atoms with E-state index in [2.05, 4.69) is 20.8 Å². The Morgan fingerprint density at radius 2 is 2.08 bits per heavy atom. The number of aromatic nitrogens is 2. The van der Waals surface area contributed by atoms with Crippen LogP contribution in [-0.4, -0.2) is 27.8 Å². The van der Waals surface area contributed by atoms with Crippen molar-refractivity contribution in [1.29, 1.82) is 0 Å². The average molecular weight is 397 g/mol. The molecule has 1 aliphatic carbocycles. The maximum atomic E-state index is 12.2. The zero-order valence-electron chi connectivity index (χ0n) is 13.7. The number of hydrogen-bond acceptors (Lipinski definition) is 7. The van der Waals surface area contributed by atoms with Crippen molar-refractivity contribution in [3.63, 3.8) is 0 Å². The van der Waals surface area contributed by atoms with Gasteiger partial charge in [0, 0.05) is 10.8 Å². The van der Waals surface area contributed by atoms with E-state index in [1.807, 2.05) is 17.5 Å². The Labute approximate surface area is 158 Å². The first-order valence-corrected chi connectivity index (χ1v) is 10.9. The van der Waals surface area contributed by atoms with E-state index in [-0.39, 0.29) is 23.5 Å². The summed E-state index contributed by atoms with van der Waals surface area (Å²) in [6.07, 6.45) is 5.37. The van der Waals surface area contributed by atoms with Crippen molar-refractivity contribution < 1.29 is 9.59 Å². The number of thioether (sulfide) groups is 1. The number of rotatable bonds is 7. The van der Waals surface area contributed by atoms with Gasteiger partial charge in [-0.1, -0.05) is 48.4 Å². The van der Waals surface area contributed by atoms with E-state index < -0.39 is 0 Å². The van der Waals surface area contributed by atoms with Crippen LogP contribution in [0, 0.1) is 5.92 Å². The lowest BCUT2D eigenvalue weighted by Crippen LogP contribution is -2.24. The lowest BCUT2D eigenvalue weighted by atomic mass is 9.89. The molecule has 1 saturated carbocycles. The minimum atomic E-state index is -0.0404. The highest BCUT2D eigenvalue weighted by Crippen LogP contribution is 2.28. The molecule has 0 bridgehead atoms. The Bertz CT molecular complexity index is 696. The number of nitrogens with one attached hydrogen (secondary N) is 2. The molecule has 2 heterocycles. The van der Waals surface area contributed by atoms with Gasteiger partial charge in [-0.3, -0.25) is 9.59 Å². The van der Waals surface area contributed by atoms with E-state index in [1.54, 1.807) is 11.3 Å². The van der Waals surface area contributed by atoms with Crippen molar-refractivity contribution in [3.8, 4) is 0 Å². The summed E-state index contributed by atoms with van der Waals surface area (Å²) in [7, 11) is 0. The standard InChI is InChI=1S/C16H20N4O2S3/c21-13(17-9-12-7-4-8-23-12)10-24-16-20-19-15(25-16)18-14(22)11-5-2-1-3-6-11/h4,7-8,11H,1-3,5-6,9-10H2,(H,17,21)(H,18,19,22). The van der Waals surface area contributed by atoms with Gasteiger partial charge in [0.05, 0.1) is 12.3 Å². The molecule has 2 amide bonds. The highest BCUT2D eigenvalue weighted by molar-refractivity contribution is 8.01. The number of hydrogen-bond donors (Lipinski definition) is 2. The second-order valence-electron chi connectivity index (χ2n) is 5.84. The molecule has 1 fully saturated rings. The van der Waals surface area contributed by atoms with Gasteiger partial charge in [0.25, 0.3) is 0 Å². The summed E-state index contributed by atoms with van der Waals surface area (Å²) in [5.74, 6) is 0.385. The van der Waals surface area contributed by atoms with Crippen LogP contribution in [0.5, 0.6) is 0 Å². The maximum absolute atomic E-state index is 12.2. The van der Waals surface area contributed by atoms with Gasteiger partial charge < -0.3 is 10.6 Å². The van der Waals surface area contributed by atoms with Crippen LogP contribution in [0.4, 0.5) is 5.13 Å². The summed E-state index contributed by atoms with van der Waals surface area (Å²) in [6, 6.07) is 3.95. The SMILES string of the molecule is O=C(CSc1nnc(NC(=O)C2CCCCC2)s1)NCc1cccs1. The predicted molar refractivity (Wildman–Crippen MR) is 102 cm³/mol. The van der Waals surface area contributed by atoms with E-state index in [9.17, 15) is 9.59 Å². The second kappa shape index (κ2) is 9.30. The summed E-state index contributed by atoms with van der Waals surface area (Å²) in [5, 5.41) is 16.3. The molecule has 9 heteroatoms. The third-order valence-corrected chi connectivity index (χ3v) is 6.83. The Kier molecular flexibility index (Phi) is 6.83. The zero-order chi connectivity index (χ0) is 17.5. The van der Waals surface area contributed by atoms with Crippen molar-refractivity contribution in [3.05, 3.63) is 22.4 Å². The van der Waals surface area contributed by atoms with Crippen LogP contribution in [0.15, 0.2) is 21.9 Å². The van der Waals surface area contributed by atoms with Crippen LogP contribution in [-0.2, 0) is 16.1 Å². The molecule has 2 N–H and O–H groups in total. The summed E-state index contributed by atoms with van der Waals surface area (Å²) in [5.41, 5.74) is 0. The average Bonchev–Trinajstić information content (AvgIpc) is 3.31. The Morgan fingerprint density at radius 1 is 1.24 bits per heavy atom. The lowest BCUT2D eigenvalue weighted by molar-refractivity contribution is -0.121. The first-order valence-electron chi connectivity index (χ1n) is 8.27. The second-order valence-corrected chi connectivity index (χ2v) is 9.07. The van der Waals surface area contributed by atoms with Crippen molar-refractivity contribution in [2.45, 2.75) is 43.0 Å². The first kappa shape index (κ1) is 18.3. The maximum Gasteiger partial charge on any atom is 0.230 e. The molecule has 3 rings (SSSR count). The zero-order valence-corrected chi connectivity index (χ0v) is 16.1. The van der Waals surface area contributed by atoms with Gasteiger partial charge in [-0.15, -0.1) is 21.5 Å². The Balaban J connectivity index is 1.40. The lowest BCUT2D eigenvalue weighted by Gasteiger charge is -2.19. The van der Waals surface area contributed by atoms with Gasteiger partial charge in [-0.2, -0.15) is 0 Å². The molecule has 0 atom stereocenters. The smallest absolute Gasteiger partial charge is 0.230 e. The third kappa shape index (κ3) is 5.79. The van der Waals surface area contributed by atoms with E-state index in [0.717, 1.165) is 30.6 Å². The van der Waals surface area contributed by atoms with Crippen molar-refractivity contribution in [2.75, 3.05) is 11.1 Å². The van der Waals surface area contributed by atoms with Crippen molar-refractivity contribution >= 4 is 51.4 Å². The molecule has 0 unspecified atom stereocenters. The van der Waals surface area contributed by atoms with E-state index in [1.165, 1.54) is 29.5 Å². The Morgan fingerprint density at radius 3 is 2.84 bits per heavy atom. The summed E-state index contributed by atoms with van der Waals surface area (Å²) < 4.78 is 0.685. The van der Waals surface area contributed by atoms with Crippen LogP contribution in [0.3, 0.4) is 0 Å². The fourth-order valence-electron chi connectivity index (χ4n) is 2.67. The van der Waals surface area contributed by atoms with Crippen LogP contribution < -0.4 is 10.6 Å². The molecule has 0 saturated heterocycles. The topological polar surface area (TPSA) is 84.0 Å². The van der Waals surface area contributed by atoms with Gasteiger partial charge in [0.1, 0.15) is 0 Å². The van der Waals surface area contributed by atoms with Crippen LogP contribution in [0.2, 0.25) is 0 Å². The molecule has 6 nitrogen and oxygen atoms in total. The minimum Gasteiger partial charge on any atom is -0.350 e. The molecule has 0 aromatic carbocycles. The van der Waals surface area contributed by atoms with E-state index in [4.69, 9.17) is 0 Å². The van der Waals surface area contributed by atoms with Crippen LogP contribution >= 0.6 is 34.4 Å². The van der Waals surface area contributed by atoms with Gasteiger partial charge >= 0.3 is 0 Å². The molecule has 2 aromatic rings. The molecule has 2 aromatic heterocycles. The van der Waals surface area contributed by atoms with Crippen molar-refractivity contribution in [1.82, 2.24) is 15.5 Å². The van der Waals surface area contributed by atoms with Gasteiger partial charge in [-0.25, -0.2) is 0 Å². The molecule has 25 heavy (non-hydrogen) atoms. The number of amides is 2. The number of carbonyl (C=O) groups excluding carboxylic acids is 2. The molecule has 1 aliphatic rings. The highest BCUT2D eigenvalue weighted by atomic mass is 32.2. The highest BCUT2D eigenvalue weighted by Gasteiger charge is 2.22. The molecule has 134 valence electrons. The number of carbonyl (C=O) groups is 2. The normalized spacial score (nSPS) is 15.0. The molecule has 0 aliphatic heterocycles. The quantitative estimate of drug-likeness (QED) is 0.552. The molecule has 0 spiro atoms. The fourth-order valence-corrected chi connectivity index (χ4v) is 4.90. The number of anilines is 1. The van der Waals surface area contributed by atoms with Crippen LogP contribution in [0.1, 0.15) is 37.0 Å².